The molecule has 0 heterocycles. The van der Waals surface area contributed by atoms with Gasteiger partial charge in [0.2, 0.25) is 0 Å². The van der Waals surface area contributed by atoms with Gasteiger partial charge < -0.3 is 15.2 Å². The number of nitrogens with one attached hydrogen (secondary N) is 1. The van der Waals surface area contributed by atoms with Gasteiger partial charge in [-0.05, 0) is 81.7 Å². The second-order valence-electron chi connectivity index (χ2n) is 6.61. The number of carboxylic acid groups (broad SMARTS) is 1. The summed E-state index contributed by atoms with van der Waals surface area (Å²) in [6.45, 7) is 0.233. The average molecular weight is 495 g/mol. The molecule has 0 saturated carbocycles. The number of carbonyl (C=O) groups is 2. The maximum absolute atomic E-state index is 13.0. The predicted octanol–water partition coefficient (Wildman–Crippen LogP) is 5.41. The van der Waals surface area contributed by atoms with E-state index in [2.05, 4.69) is 21.2 Å². The summed E-state index contributed by atoms with van der Waals surface area (Å²) < 4.78 is 19.4. The van der Waals surface area contributed by atoms with Crippen molar-refractivity contribution in [2.45, 2.75) is 6.61 Å². The van der Waals surface area contributed by atoms with Crippen LogP contribution in [0.4, 0.5) is 10.1 Å². The number of benzene rings is 3. The summed E-state index contributed by atoms with van der Waals surface area (Å²) in [6.07, 6.45) is 1.43. The van der Waals surface area contributed by atoms with Crippen LogP contribution < -0.4 is 10.1 Å². The first-order valence-electron chi connectivity index (χ1n) is 9.29. The highest BCUT2D eigenvalue weighted by molar-refractivity contribution is 9.10. The normalized spacial score (nSPS) is 10.8. The number of rotatable bonds is 7. The Morgan fingerprint density at radius 2 is 1.78 bits per heavy atom. The molecule has 32 heavy (non-hydrogen) atoms. The molecule has 0 bridgehead atoms. The monoisotopic (exact) mass is 494 g/mol. The van der Waals surface area contributed by atoms with E-state index in [0.717, 1.165) is 5.56 Å². The molecule has 0 aliphatic rings. The molecule has 8 heteroatoms. The van der Waals surface area contributed by atoms with E-state index in [9.17, 15) is 19.2 Å². The van der Waals surface area contributed by atoms with Crippen molar-refractivity contribution in [3.63, 3.8) is 0 Å². The zero-order valence-corrected chi connectivity index (χ0v) is 18.1. The minimum atomic E-state index is -0.994. The molecule has 0 saturated heterocycles. The second kappa shape index (κ2) is 10.4. The van der Waals surface area contributed by atoms with Crippen LogP contribution in [0.25, 0.3) is 6.08 Å². The number of nitriles is 1. The molecule has 1 amide bonds. The third kappa shape index (κ3) is 6.03. The number of carbonyl (C=O) groups excluding carboxylic acids is 1. The minimum Gasteiger partial charge on any atom is -0.488 e. The summed E-state index contributed by atoms with van der Waals surface area (Å²) in [7, 11) is 0. The van der Waals surface area contributed by atoms with Gasteiger partial charge in [-0.25, -0.2) is 9.18 Å². The predicted molar refractivity (Wildman–Crippen MR) is 120 cm³/mol. The van der Waals surface area contributed by atoms with Gasteiger partial charge in [0.05, 0.1) is 10.0 Å². The standard InChI is InChI=1S/C24H16BrFN2O4/c25-21-12-16(11-18(13-27)23(29)28-20-8-6-19(26)7-9-20)3-10-22(21)32-14-15-1-4-17(5-2-15)24(30)31/h1-12H,14H2,(H,28,29)(H,30,31)/b18-11+. The molecule has 0 aromatic heterocycles. The third-order valence-corrected chi connectivity index (χ3v) is 4.95. The van der Waals surface area contributed by atoms with Crippen molar-refractivity contribution in [1.29, 1.82) is 5.26 Å². The van der Waals surface area contributed by atoms with Crippen molar-refractivity contribution < 1.29 is 23.8 Å². The number of hydrogen-bond acceptors (Lipinski definition) is 4. The quantitative estimate of drug-likeness (QED) is 0.337. The average Bonchev–Trinajstić information content (AvgIpc) is 2.78. The Balaban J connectivity index is 1.67. The van der Waals surface area contributed by atoms with Gasteiger partial charge >= 0.3 is 5.97 Å². The zero-order chi connectivity index (χ0) is 23.1. The molecule has 3 aromatic rings. The Morgan fingerprint density at radius 3 is 2.38 bits per heavy atom. The van der Waals surface area contributed by atoms with Crippen LogP contribution in [0.2, 0.25) is 0 Å². The lowest BCUT2D eigenvalue weighted by Crippen LogP contribution is -2.13. The Morgan fingerprint density at radius 1 is 1.09 bits per heavy atom. The number of carboxylic acids is 1. The number of anilines is 1. The summed E-state index contributed by atoms with van der Waals surface area (Å²) in [5.74, 6) is -1.49. The first-order chi connectivity index (χ1) is 15.4. The van der Waals surface area contributed by atoms with E-state index in [1.54, 1.807) is 30.3 Å². The molecule has 3 rings (SSSR count). The highest BCUT2D eigenvalue weighted by Crippen LogP contribution is 2.28. The molecular weight excluding hydrogens is 479 g/mol. The Bertz CT molecular complexity index is 1220. The fraction of sp³-hybridized carbons (Fsp3) is 0.0417. The number of hydrogen-bond donors (Lipinski definition) is 2. The van der Waals surface area contributed by atoms with E-state index in [1.807, 2.05) is 6.07 Å². The van der Waals surface area contributed by atoms with E-state index in [-0.39, 0.29) is 17.7 Å². The van der Waals surface area contributed by atoms with Crippen molar-refractivity contribution >= 4 is 39.6 Å². The van der Waals surface area contributed by atoms with E-state index >= 15 is 0 Å². The van der Waals surface area contributed by atoms with Crippen LogP contribution in [0.5, 0.6) is 5.75 Å². The van der Waals surface area contributed by atoms with Gasteiger partial charge in [0.25, 0.3) is 5.91 Å². The van der Waals surface area contributed by atoms with Crippen LogP contribution in [0.1, 0.15) is 21.5 Å². The van der Waals surface area contributed by atoms with Gasteiger partial charge in [0.1, 0.15) is 29.8 Å². The molecule has 0 atom stereocenters. The van der Waals surface area contributed by atoms with Crippen LogP contribution in [-0.2, 0) is 11.4 Å². The van der Waals surface area contributed by atoms with Crippen LogP contribution in [0.3, 0.4) is 0 Å². The van der Waals surface area contributed by atoms with Crippen LogP contribution in [0.15, 0.2) is 76.8 Å². The lowest BCUT2D eigenvalue weighted by atomic mass is 10.1. The number of ether oxygens (including phenoxy) is 1. The molecule has 0 aliphatic heterocycles. The first-order valence-corrected chi connectivity index (χ1v) is 10.1. The second-order valence-corrected chi connectivity index (χ2v) is 7.47. The molecule has 0 fully saturated rings. The van der Waals surface area contributed by atoms with Crippen molar-refractivity contribution in [1.82, 2.24) is 0 Å². The van der Waals surface area contributed by atoms with E-state index < -0.39 is 17.7 Å². The van der Waals surface area contributed by atoms with E-state index in [4.69, 9.17) is 9.84 Å². The SMILES string of the molecule is N#C/C(=C\c1ccc(OCc2ccc(C(=O)O)cc2)c(Br)c1)C(=O)Nc1ccc(F)cc1. The van der Waals surface area contributed by atoms with E-state index in [1.165, 1.54) is 42.5 Å². The van der Waals surface area contributed by atoms with Gasteiger partial charge in [-0.3, -0.25) is 4.79 Å². The number of nitrogens with zero attached hydrogens (tertiary/aromatic N) is 1. The molecule has 0 aliphatic carbocycles. The number of halogens is 2. The molecule has 0 spiro atoms. The highest BCUT2D eigenvalue weighted by Gasteiger charge is 2.11. The lowest BCUT2D eigenvalue weighted by molar-refractivity contribution is -0.112. The summed E-state index contributed by atoms with van der Waals surface area (Å²) >= 11 is 3.41. The molecule has 0 radical (unpaired) electrons. The molecule has 2 N–H and O–H groups in total. The smallest absolute Gasteiger partial charge is 0.335 e. The van der Waals surface area contributed by atoms with Crippen LogP contribution in [-0.4, -0.2) is 17.0 Å². The van der Waals surface area contributed by atoms with Crippen molar-refractivity contribution in [2.24, 2.45) is 0 Å². The largest absolute Gasteiger partial charge is 0.488 e. The lowest BCUT2D eigenvalue weighted by Gasteiger charge is -2.09. The Hall–Kier alpha value is -3.96. The van der Waals surface area contributed by atoms with Crippen LogP contribution >= 0.6 is 15.9 Å². The maximum Gasteiger partial charge on any atom is 0.335 e. The number of amides is 1. The molecular formula is C24H16BrFN2O4. The maximum atomic E-state index is 13.0. The van der Waals surface area contributed by atoms with Crippen LogP contribution in [0, 0.1) is 17.1 Å². The Kier molecular flexibility index (Phi) is 7.37. The third-order valence-electron chi connectivity index (χ3n) is 4.33. The fourth-order valence-corrected chi connectivity index (χ4v) is 3.19. The molecule has 6 nitrogen and oxygen atoms in total. The molecule has 0 unspecified atom stereocenters. The molecule has 3 aromatic carbocycles. The topological polar surface area (TPSA) is 99.4 Å². The van der Waals surface area contributed by atoms with E-state index in [0.29, 0.717) is 21.5 Å². The van der Waals surface area contributed by atoms with Crippen molar-refractivity contribution in [2.75, 3.05) is 5.32 Å². The summed E-state index contributed by atoms with van der Waals surface area (Å²) in [5, 5.41) is 20.8. The van der Waals surface area contributed by atoms with Crippen molar-refractivity contribution in [3.05, 3.63) is 99.3 Å². The summed E-state index contributed by atoms with van der Waals surface area (Å²) in [5.41, 5.74) is 1.85. The first kappa shape index (κ1) is 22.7. The van der Waals surface area contributed by atoms with Gasteiger partial charge in [-0.2, -0.15) is 5.26 Å². The summed E-state index contributed by atoms with van der Waals surface area (Å²) in [6, 6.07) is 18.5. The van der Waals surface area contributed by atoms with Gasteiger partial charge in [0, 0.05) is 5.69 Å². The van der Waals surface area contributed by atoms with Gasteiger partial charge in [-0.15, -0.1) is 0 Å². The Labute approximate surface area is 191 Å². The fourth-order valence-electron chi connectivity index (χ4n) is 2.68. The zero-order valence-electron chi connectivity index (χ0n) is 16.5. The van der Waals surface area contributed by atoms with Gasteiger partial charge in [0.15, 0.2) is 0 Å². The summed E-state index contributed by atoms with van der Waals surface area (Å²) in [4.78, 5) is 23.3. The number of aromatic carboxylic acids is 1. The minimum absolute atomic E-state index is 0.117. The van der Waals surface area contributed by atoms with Gasteiger partial charge in [-0.1, -0.05) is 18.2 Å². The highest BCUT2D eigenvalue weighted by atomic mass is 79.9. The molecule has 160 valence electrons. The van der Waals surface area contributed by atoms with Crippen molar-refractivity contribution in [3.8, 4) is 11.8 Å².